The maximum atomic E-state index is 2.46. The van der Waals surface area contributed by atoms with Crippen molar-refractivity contribution in [2.75, 3.05) is 12.8 Å². The Morgan fingerprint density at radius 1 is 0.765 bits per heavy atom. The minimum Gasteiger partial charge on any atom is -0.0620 e. The van der Waals surface area contributed by atoms with Crippen molar-refractivity contribution in [2.24, 2.45) is 0 Å². The highest BCUT2D eigenvalue weighted by Gasteiger charge is 2.35. The zero-order valence-electron chi connectivity index (χ0n) is 10.6. The van der Waals surface area contributed by atoms with Crippen LogP contribution in [-0.2, 0) is 0 Å². The van der Waals surface area contributed by atoms with E-state index >= 15 is 0 Å². The van der Waals surface area contributed by atoms with Crippen LogP contribution in [0.2, 0.25) is 0 Å². The van der Waals surface area contributed by atoms with Crippen molar-refractivity contribution < 1.29 is 0 Å². The summed E-state index contributed by atoms with van der Waals surface area (Å²) in [6.45, 7) is 4.74. The van der Waals surface area contributed by atoms with Crippen LogP contribution in [-0.4, -0.2) is 12.8 Å². The molecule has 88 valence electrons. The van der Waals surface area contributed by atoms with Gasteiger partial charge in [-0.3, -0.25) is 0 Å². The molecule has 0 saturated heterocycles. The smallest absolute Gasteiger partial charge is 0.0620 e. The second kappa shape index (κ2) is 5.47. The molecule has 0 heterocycles. The lowest BCUT2D eigenvalue weighted by Gasteiger charge is -2.22. The Morgan fingerprint density at radius 2 is 1.18 bits per heavy atom. The first-order chi connectivity index (χ1) is 8.27. The fraction of sp³-hybridized carbons (Fsp3) is 0.250. The van der Waals surface area contributed by atoms with E-state index in [1.165, 1.54) is 23.2 Å². The van der Waals surface area contributed by atoms with E-state index in [2.05, 4.69) is 74.3 Å². The van der Waals surface area contributed by atoms with Gasteiger partial charge in [-0.05, 0) is 30.7 Å². The van der Waals surface area contributed by atoms with Gasteiger partial charge in [0.25, 0.3) is 0 Å². The summed E-state index contributed by atoms with van der Waals surface area (Å²) >= 11 is 0. The predicted octanol–water partition coefficient (Wildman–Crippen LogP) is 3.69. The zero-order valence-corrected chi connectivity index (χ0v) is 11.5. The lowest BCUT2D eigenvalue weighted by atomic mass is 10.4. The number of rotatable bonds is 4. The molecule has 0 aliphatic rings. The van der Waals surface area contributed by atoms with E-state index in [1.807, 2.05) is 0 Å². The SMILES string of the molecule is CCC[P+](C)(c1ccccc1)c1ccccc1. The molecule has 0 nitrogen and oxygen atoms in total. The molecule has 0 saturated carbocycles. The first-order valence-electron chi connectivity index (χ1n) is 6.24. The predicted molar refractivity (Wildman–Crippen MR) is 80.2 cm³/mol. The van der Waals surface area contributed by atoms with Gasteiger partial charge < -0.3 is 0 Å². The lowest BCUT2D eigenvalue weighted by Crippen LogP contribution is -2.23. The van der Waals surface area contributed by atoms with Gasteiger partial charge in [0, 0.05) is 0 Å². The van der Waals surface area contributed by atoms with Crippen molar-refractivity contribution in [3.05, 3.63) is 60.7 Å². The summed E-state index contributed by atoms with van der Waals surface area (Å²) in [7, 11) is -1.17. The van der Waals surface area contributed by atoms with E-state index < -0.39 is 7.26 Å². The Balaban J connectivity index is 2.47. The summed E-state index contributed by atoms with van der Waals surface area (Å²) in [6, 6.07) is 22.0. The third-order valence-corrected chi connectivity index (χ3v) is 7.54. The summed E-state index contributed by atoms with van der Waals surface area (Å²) < 4.78 is 0. The first-order valence-corrected chi connectivity index (χ1v) is 8.66. The highest BCUT2D eigenvalue weighted by atomic mass is 31.2. The highest BCUT2D eigenvalue weighted by Crippen LogP contribution is 2.52. The molecule has 2 aromatic rings. The molecular formula is C16H20P+. The third kappa shape index (κ3) is 2.58. The molecule has 2 aromatic carbocycles. The molecule has 0 aliphatic heterocycles. The second-order valence-electron chi connectivity index (χ2n) is 4.59. The van der Waals surface area contributed by atoms with Gasteiger partial charge in [0.05, 0.1) is 30.7 Å². The highest BCUT2D eigenvalue weighted by molar-refractivity contribution is 7.88. The van der Waals surface area contributed by atoms with Gasteiger partial charge in [-0.15, -0.1) is 0 Å². The molecular weight excluding hydrogens is 223 g/mol. The summed E-state index contributed by atoms with van der Waals surface area (Å²) in [5.41, 5.74) is 0. The molecule has 0 bridgehead atoms. The first kappa shape index (κ1) is 12.3. The average molecular weight is 243 g/mol. The van der Waals surface area contributed by atoms with Crippen LogP contribution in [0, 0.1) is 0 Å². The van der Waals surface area contributed by atoms with Crippen LogP contribution < -0.4 is 10.6 Å². The molecule has 0 atom stereocenters. The van der Waals surface area contributed by atoms with Crippen LogP contribution in [0.4, 0.5) is 0 Å². The Labute approximate surface area is 105 Å². The molecule has 0 N–H and O–H groups in total. The number of benzene rings is 2. The monoisotopic (exact) mass is 243 g/mol. The van der Waals surface area contributed by atoms with E-state index in [9.17, 15) is 0 Å². The Kier molecular flexibility index (Phi) is 3.97. The second-order valence-corrected chi connectivity index (χ2v) is 8.45. The Morgan fingerprint density at radius 3 is 1.53 bits per heavy atom. The van der Waals surface area contributed by atoms with Gasteiger partial charge >= 0.3 is 0 Å². The van der Waals surface area contributed by atoms with E-state index in [4.69, 9.17) is 0 Å². The summed E-state index contributed by atoms with van der Waals surface area (Å²) in [4.78, 5) is 0. The topological polar surface area (TPSA) is 0 Å². The van der Waals surface area contributed by atoms with Crippen molar-refractivity contribution in [1.82, 2.24) is 0 Å². The molecule has 0 radical (unpaired) electrons. The summed E-state index contributed by atoms with van der Waals surface area (Å²) in [5.74, 6) is 0. The van der Waals surface area contributed by atoms with Crippen LogP contribution in [0.15, 0.2) is 60.7 Å². The fourth-order valence-electron chi connectivity index (χ4n) is 2.37. The molecule has 0 aromatic heterocycles. The minimum atomic E-state index is -1.17. The van der Waals surface area contributed by atoms with Gasteiger partial charge in [-0.2, -0.15) is 0 Å². The molecule has 17 heavy (non-hydrogen) atoms. The Bertz CT molecular complexity index is 408. The quantitative estimate of drug-likeness (QED) is 0.718. The van der Waals surface area contributed by atoms with Crippen LogP contribution in [0.3, 0.4) is 0 Å². The van der Waals surface area contributed by atoms with E-state index in [1.54, 1.807) is 0 Å². The average Bonchev–Trinajstić information content (AvgIpc) is 2.41. The standard InChI is InChI=1S/C16H20P/c1-3-14-17(2,15-10-6-4-7-11-15)16-12-8-5-9-13-16/h4-13H,3,14H2,1-2H3/q+1. The van der Waals surface area contributed by atoms with Crippen molar-refractivity contribution in [3.63, 3.8) is 0 Å². The normalized spacial score (nSPS) is 11.4. The largest absolute Gasteiger partial charge is 0.0988 e. The molecule has 0 aliphatic carbocycles. The number of hydrogen-bond acceptors (Lipinski definition) is 0. The van der Waals surface area contributed by atoms with Crippen LogP contribution in [0.5, 0.6) is 0 Å². The van der Waals surface area contributed by atoms with Gasteiger partial charge in [0.2, 0.25) is 0 Å². The van der Waals surface area contributed by atoms with E-state index in [0.29, 0.717) is 0 Å². The molecule has 1 heteroatoms. The molecule has 0 amide bonds. The van der Waals surface area contributed by atoms with Gasteiger partial charge in [0.15, 0.2) is 0 Å². The Hall–Kier alpha value is -1.13. The maximum absolute atomic E-state index is 2.46. The van der Waals surface area contributed by atoms with Gasteiger partial charge in [-0.25, -0.2) is 0 Å². The molecule has 2 rings (SSSR count). The summed E-state index contributed by atoms with van der Waals surface area (Å²) in [5, 5.41) is 3.04. The minimum absolute atomic E-state index is 1.17. The van der Waals surface area contributed by atoms with Crippen LogP contribution in [0.25, 0.3) is 0 Å². The third-order valence-electron chi connectivity index (χ3n) is 3.32. The van der Waals surface area contributed by atoms with E-state index in [-0.39, 0.29) is 0 Å². The van der Waals surface area contributed by atoms with Gasteiger partial charge in [0.1, 0.15) is 0 Å². The van der Waals surface area contributed by atoms with E-state index in [0.717, 1.165) is 0 Å². The van der Waals surface area contributed by atoms with Crippen molar-refractivity contribution in [1.29, 1.82) is 0 Å². The van der Waals surface area contributed by atoms with Crippen molar-refractivity contribution in [2.45, 2.75) is 13.3 Å². The lowest BCUT2D eigenvalue weighted by molar-refractivity contribution is 1.09. The number of hydrogen-bond donors (Lipinski definition) is 0. The van der Waals surface area contributed by atoms with Crippen molar-refractivity contribution in [3.8, 4) is 0 Å². The van der Waals surface area contributed by atoms with Crippen molar-refractivity contribution >= 4 is 17.9 Å². The summed E-state index contributed by atoms with van der Waals surface area (Å²) in [6.07, 6.45) is 2.54. The molecule has 0 unspecified atom stereocenters. The zero-order chi connectivity index (χ0) is 12.1. The molecule has 0 spiro atoms. The van der Waals surface area contributed by atoms with Gasteiger partial charge in [-0.1, -0.05) is 43.3 Å². The maximum Gasteiger partial charge on any atom is 0.0988 e. The fourth-order valence-corrected chi connectivity index (χ4v) is 5.74. The van der Waals surface area contributed by atoms with Crippen LogP contribution >= 0.6 is 7.26 Å². The van der Waals surface area contributed by atoms with Crippen LogP contribution in [0.1, 0.15) is 13.3 Å². The molecule has 0 fully saturated rings.